The van der Waals surface area contributed by atoms with Gasteiger partial charge in [0.1, 0.15) is 11.6 Å². The molecule has 7 aromatic rings. The highest BCUT2D eigenvalue weighted by Gasteiger charge is 2.10. The predicted molar refractivity (Wildman–Crippen MR) is 348 cm³/mol. The summed E-state index contributed by atoms with van der Waals surface area (Å²) in [6.45, 7) is 44.5. The van der Waals surface area contributed by atoms with Crippen LogP contribution in [-0.4, -0.2) is 58.0 Å². The van der Waals surface area contributed by atoms with Crippen LogP contribution >= 0.6 is 0 Å². The molecule has 0 aliphatic rings. The number of aliphatic carboxylic acids is 1. The fourth-order valence-electron chi connectivity index (χ4n) is 4.19. The van der Waals surface area contributed by atoms with E-state index >= 15 is 0 Å². The van der Waals surface area contributed by atoms with Crippen molar-refractivity contribution in [2.75, 3.05) is 0 Å². The molecule has 458 valence electrons. The highest BCUT2D eigenvalue weighted by Crippen LogP contribution is 2.10. The van der Waals surface area contributed by atoms with Crippen LogP contribution in [0, 0.1) is 20.8 Å². The summed E-state index contributed by atoms with van der Waals surface area (Å²) >= 11 is 0. The lowest BCUT2D eigenvalue weighted by Crippen LogP contribution is -2.16. The van der Waals surface area contributed by atoms with Gasteiger partial charge in [0.2, 0.25) is 5.88 Å². The molecule has 0 aliphatic carbocycles. The number of Topliss-reactive ketones (excluding diaryl/α,β-unsaturated/α-hetero) is 2. The van der Waals surface area contributed by atoms with Crippen LogP contribution in [0.5, 0.6) is 5.88 Å². The minimum absolute atomic E-state index is 0. The van der Waals surface area contributed by atoms with Gasteiger partial charge in [-0.25, -0.2) is 4.68 Å². The molecule has 14 nitrogen and oxygen atoms in total. The number of hydrogen-bond acceptors (Lipinski definition) is 8. The Morgan fingerprint density at radius 3 is 0.850 bits per heavy atom. The van der Waals surface area contributed by atoms with Crippen LogP contribution in [0.2, 0.25) is 0 Å². The lowest BCUT2D eigenvalue weighted by Gasteiger charge is -1.98. The van der Waals surface area contributed by atoms with Gasteiger partial charge in [-0.05, 0) is 41.5 Å². The zero-order chi connectivity index (χ0) is 64.0. The third-order valence-electron chi connectivity index (χ3n) is 6.67. The van der Waals surface area contributed by atoms with Crippen LogP contribution in [-0.2, 0) is 46.7 Å². The number of aryl methyl sites for hydroxylation is 6. The van der Waals surface area contributed by atoms with Crippen molar-refractivity contribution in [3.8, 4) is 5.88 Å². The van der Waals surface area contributed by atoms with Crippen molar-refractivity contribution in [2.24, 2.45) is 21.1 Å². The predicted octanol–water partition coefficient (Wildman–Crippen LogP) is 17.1. The van der Waals surface area contributed by atoms with Gasteiger partial charge in [0.25, 0.3) is 17.1 Å². The summed E-state index contributed by atoms with van der Waals surface area (Å²) in [4.78, 5) is 61.6. The molecule has 0 spiro atoms. The molecule has 7 rings (SSSR count). The second-order valence-electron chi connectivity index (χ2n) is 13.2. The number of carboxylic acid groups (broad SMARTS) is 1. The second-order valence-corrected chi connectivity index (χ2v) is 13.2. The number of ketones is 2. The van der Waals surface area contributed by atoms with Gasteiger partial charge in [0, 0.05) is 70.5 Å². The van der Waals surface area contributed by atoms with Crippen LogP contribution in [0.1, 0.15) is 175 Å². The van der Waals surface area contributed by atoms with E-state index in [0.717, 1.165) is 24.0 Å². The highest BCUT2D eigenvalue weighted by atomic mass is 16.5. The zero-order valence-corrected chi connectivity index (χ0v) is 54.3. The number of carboxylic acids is 1. The first-order chi connectivity index (χ1) is 37.8. The molecule has 0 saturated heterocycles. The van der Waals surface area contributed by atoms with E-state index in [1.165, 1.54) is 41.7 Å². The van der Waals surface area contributed by atoms with Crippen molar-refractivity contribution in [1.29, 1.82) is 0 Å². The minimum Gasteiger partial charge on any atom is -0.481 e. The average molecular weight is 1120 g/mol. The molecule has 0 fully saturated rings. The summed E-state index contributed by atoms with van der Waals surface area (Å²) in [5.74, 6) is -0.502. The van der Waals surface area contributed by atoms with E-state index in [4.69, 9.17) is 14.6 Å². The molecule has 3 heterocycles. The number of aromatic amines is 2. The van der Waals surface area contributed by atoms with Crippen molar-refractivity contribution >= 4 is 23.5 Å². The number of hydrogen-bond donors (Lipinski definition) is 3. The van der Waals surface area contributed by atoms with Gasteiger partial charge in [-0.2, -0.15) is 5.10 Å². The van der Waals surface area contributed by atoms with Gasteiger partial charge >= 0.3 is 5.97 Å². The molecule has 3 N–H and O–H groups in total. The van der Waals surface area contributed by atoms with Crippen molar-refractivity contribution in [3.63, 3.8) is 0 Å². The number of ether oxygens (including phenoxy) is 1. The fourth-order valence-corrected chi connectivity index (χ4v) is 4.19. The van der Waals surface area contributed by atoms with E-state index in [1.54, 1.807) is 40.2 Å². The van der Waals surface area contributed by atoms with E-state index in [1.807, 2.05) is 270 Å². The van der Waals surface area contributed by atoms with Gasteiger partial charge in [-0.15, -0.1) is 0 Å². The van der Waals surface area contributed by atoms with Crippen LogP contribution in [0.3, 0.4) is 0 Å². The van der Waals surface area contributed by atoms with Crippen molar-refractivity contribution in [2.45, 2.75) is 180 Å². The molecular formula is C66H116N6O8. The number of nitrogens with one attached hydrogen (secondary N) is 2. The highest BCUT2D eigenvalue weighted by molar-refractivity contribution is 5.78. The first-order valence-corrected chi connectivity index (χ1v) is 27.6. The van der Waals surface area contributed by atoms with E-state index < -0.39 is 5.97 Å². The van der Waals surface area contributed by atoms with E-state index in [2.05, 4.69) is 15.3 Å². The quantitative estimate of drug-likeness (QED) is 0.145. The lowest BCUT2D eigenvalue weighted by atomic mass is 10.1. The number of aromatic nitrogens is 6. The van der Waals surface area contributed by atoms with Gasteiger partial charge in [-0.3, -0.25) is 38.4 Å². The Bertz CT molecular complexity index is 2080. The van der Waals surface area contributed by atoms with E-state index in [-0.39, 0.29) is 42.5 Å². The molecule has 0 unspecified atom stereocenters. The largest absolute Gasteiger partial charge is 0.481 e. The second kappa shape index (κ2) is 82.7. The molecule has 14 heteroatoms. The molecule has 3 aromatic heterocycles. The van der Waals surface area contributed by atoms with Crippen LogP contribution in [0.15, 0.2) is 167 Å². The fraction of sp³-hybridized carbons (Fsp3) is 0.439. The molecule has 0 saturated carbocycles. The normalized spacial score (nSPS) is 7.49. The Morgan fingerprint density at radius 1 is 0.475 bits per heavy atom. The Morgan fingerprint density at radius 2 is 0.725 bits per heavy atom. The number of carbonyl (C=O) groups excluding carboxylic acids is 3. The maximum Gasteiger partial charge on any atom is 0.309 e. The molecular weight excluding hydrogens is 1000 g/mol. The first-order valence-electron chi connectivity index (χ1n) is 27.6. The summed E-state index contributed by atoms with van der Waals surface area (Å²) in [6, 6.07) is 51.3. The number of H-pyrrole nitrogens is 2. The Balaban J connectivity index is -0.0000000731. The Kier molecular flexibility index (Phi) is 101. The van der Waals surface area contributed by atoms with Crippen LogP contribution < -0.4 is 15.9 Å². The molecule has 0 aliphatic heterocycles. The standard InChI is InChI=1S/C8H12N2O2.C7H10N2O2.4C6H6.C5H8N2O.C3H6O.C2H4O2.8C2H6.CH4/c1-5(11)4-7-6(2)9-10(3)8(7)12;1-5-4-7(9(3)8-5)11-6(2)10;4*1-2-4-6-5-3-1;1-4-3-5(8)7(2)6-4;1-3(2)4;1-2(3)4;8*1-2;/h9H,4H2,1-3H3;4H,1-3H3;4*1-6H;3,6H,1-2H3;1-2H3;1H3,(H,3,4);8*1-2H3;1H4. The van der Waals surface area contributed by atoms with E-state index in [9.17, 15) is 24.0 Å². The SMILES string of the molecule is C.CC.CC.CC.CC.CC.CC.CC.CC.CC(=O)Cc1c(C)[nH]n(C)c1=O.CC(=O)O.CC(=O)Oc1cc(C)nn1C.CC(C)=O.Cc1cc(=O)n(C)[nH]1.c1ccccc1.c1ccccc1.c1ccccc1.c1ccccc1. The Labute approximate surface area is 488 Å². The number of rotatable bonds is 3. The van der Waals surface area contributed by atoms with Crippen molar-refractivity contribution in [1.82, 2.24) is 29.3 Å². The maximum atomic E-state index is 11.3. The minimum atomic E-state index is -0.833. The van der Waals surface area contributed by atoms with Crippen LogP contribution in [0.4, 0.5) is 0 Å². The summed E-state index contributed by atoms with van der Waals surface area (Å²) in [6.07, 6.45) is 0.224. The monoisotopic (exact) mass is 1120 g/mol. The van der Waals surface area contributed by atoms with Gasteiger partial charge in [0.05, 0.1) is 5.69 Å². The molecule has 0 amide bonds. The smallest absolute Gasteiger partial charge is 0.309 e. The maximum absolute atomic E-state index is 11.3. The molecule has 0 atom stereocenters. The zero-order valence-electron chi connectivity index (χ0n) is 54.3. The number of carbonyl (C=O) groups is 4. The summed E-state index contributed by atoms with van der Waals surface area (Å²) in [5, 5.41) is 17.1. The summed E-state index contributed by atoms with van der Waals surface area (Å²) in [5.41, 5.74) is 2.99. The third kappa shape index (κ3) is 81.7. The summed E-state index contributed by atoms with van der Waals surface area (Å²) < 4.78 is 9.17. The molecule has 0 bridgehead atoms. The average Bonchev–Trinajstić information content (AvgIpc) is 4.06. The van der Waals surface area contributed by atoms with Gasteiger partial charge in [0.15, 0.2) is 0 Å². The molecule has 4 aromatic carbocycles. The van der Waals surface area contributed by atoms with Gasteiger partial charge in [-0.1, -0.05) is 264 Å². The lowest BCUT2D eigenvalue weighted by molar-refractivity contribution is -0.134. The number of esters is 1. The first kappa shape index (κ1) is 97.9. The molecule has 80 heavy (non-hydrogen) atoms. The topological polar surface area (TPSA) is 191 Å². The van der Waals surface area contributed by atoms with Crippen molar-refractivity contribution < 1.29 is 29.0 Å². The van der Waals surface area contributed by atoms with Crippen LogP contribution in [0.25, 0.3) is 0 Å². The Hall–Kier alpha value is -7.61. The van der Waals surface area contributed by atoms with Crippen molar-refractivity contribution in [3.05, 3.63) is 201 Å². The number of benzene rings is 4. The molecule has 0 radical (unpaired) electrons. The third-order valence-corrected chi connectivity index (χ3v) is 6.67. The number of nitrogens with zero attached hydrogens (tertiary/aromatic N) is 4. The van der Waals surface area contributed by atoms with E-state index in [0.29, 0.717) is 11.4 Å². The summed E-state index contributed by atoms with van der Waals surface area (Å²) in [7, 11) is 5.06. The van der Waals surface area contributed by atoms with Gasteiger partial charge < -0.3 is 19.7 Å².